The monoisotopic (exact) mass is 258 g/mol. The number of rotatable bonds is 2. The molecular weight excluding hydrogens is 236 g/mol. The molecule has 2 unspecified atom stereocenters. The van der Waals surface area contributed by atoms with Gasteiger partial charge in [-0.1, -0.05) is 12.8 Å². The predicted molar refractivity (Wildman–Crippen MR) is 69.0 cm³/mol. The largest absolute Gasteiger partial charge is 0.341 e. The summed E-state index contributed by atoms with van der Waals surface area (Å²) in [5.74, 6) is 2.04. The molecule has 2 rings (SSSR count). The van der Waals surface area contributed by atoms with Gasteiger partial charge in [-0.15, -0.1) is 0 Å². The Morgan fingerprint density at radius 1 is 1.24 bits per heavy atom. The van der Waals surface area contributed by atoms with Gasteiger partial charge in [0, 0.05) is 41.3 Å². The highest BCUT2D eigenvalue weighted by molar-refractivity contribution is 7.85. The molecule has 2 aliphatic rings. The molecule has 4 nitrogen and oxygen atoms in total. The highest BCUT2D eigenvalue weighted by Gasteiger charge is 2.33. The van der Waals surface area contributed by atoms with Gasteiger partial charge in [0.1, 0.15) is 0 Å². The SMILES string of the molecule is NCC1CCCCC1C(=O)N1CCS(=O)CC1. The summed E-state index contributed by atoms with van der Waals surface area (Å²) in [4.78, 5) is 14.3. The molecule has 2 atom stereocenters. The Hall–Kier alpha value is -0.420. The van der Waals surface area contributed by atoms with Crippen LogP contribution in [-0.4, -0.2) is 46.2 Å². The van der Waals surface area contributed by atoms with E-state index in [1.807, 2.05) is 4.90 Å². The highest BCUT2D eigenvalue weighted by atomic mass is 32.2. The van der Waals surface area contributed by atoms with E-state index in [9.17, 15) is 9.00 Å². The number of amides is 1. The molecule has 2 fully saturated rings. The van der Waals surface area contributed by atoms with Gasteiger partial charge in [0.2, 0.25) is 5.91 Å². The molecule has 5 heteroatoms. The van der Waals surface area contributed by atoms with E-state index in [1.54, 1.807) is 0 Å². The Balaban J connectivity index is 1.95. The average Bonchev–Trinajstić information content (AvgIpc) is 2.39. The van der Waals surface area contributed by atoms with E-state index in [1.165, 1.54) is 6.42 Å². The maximum atomic E-state index is 12.4. The molecule has 0 aromatic rings. The van der Waals surface area contributed by atoms with E-state index in [0.717, 1.165) is 19.3 Å². The summed E-state index contributed by atoms with van der Waals surface area (Å²) >= 11 is 0. The Morgan fingerprint density at radius 2 is 1.88 bits per heavy atom. The van der Waals surface area contributed by atoms with E-state index in [2.05, 4.69) is 0 Å². The number of hydrogen-bond acceptors (Lipinski definition) is 3. The Morgan fingerprint density at radius 3 is 2.53 bits per heavy atom. The van der Waals surface area contributed by atoms with Gasteiger partial charge in [-0.25, -0.2) is 0 Å². The summed E-state index contributed by atoms with van der Waals surface area (Å²) in [6.07, 6.45) is 4.43. The molecule has 1 saturated carbocycles. The van der Waals surface area contributed by atoms with Crippen LogP contribution < -0.4 is 5.73 Å². The van der Waals surface area contributed by atoms with Crippen molar-refractivity contribution in [2.24, 2.45) is 17.6 Å². The number of nitrogens with two attached hydrogens (primary N) is 1. The van der Waals surface area contributed by atoms with Crippen molar-refractivity contribution in [3.8, 4) is 0 Å². The van der Waals surface area contributed by atoms with Crippen molar-refractivity contribution in [1.82, 2.24) is 4.90 Å². The summed E-state index contributed by atoms with van der Waals surface area (Å²) in [6, 6.07) is 0. The minimum absolute atomic E-state index is 0.125. The molecule has 0 radical (unpaired) electrons. The first-order valence-corrected chi connectivity index (χ1v) is 8.05. The van der Waals surface area contributed by atoms with Crippen molar-refractivity contribution in [1.29, 1.82) is 0 Å². The quantitative estimate of drug-likeness (QED) is 0.777. The normalized spacial score (nSPS) is 31.5. The van der Waals surface area contributed by atoms with Crippen LogP contribution in [0.25, 0.3) is 0 Å². The maximum Gasteiger partial charge on any atom is 0.226 e. The van der Waals surface area contributed by atoms with Crippen molar-refractivity contribution in [2.75, 3.05) is 31.1 Å². The van der Waals surface area contributed by atoms with Crippen molar-refractivity contribution >= 4 is 16.7 Å². The van der Waals surface area contributed by atoms with Crippen molar-refractivity contribution < 1.29 is 9.00 Å². The van der Waals surface area contributed by atoms with E-state index < -0.39 is 10.8 Å². The zero-order valence-corrected chi connectivity index (χ0v) is 11.1. The van der Waals surface area contributed by atoms with E-state index in [4.69, 9.17) is 5.73 Å². The second-order valence-corrected chi connectivity index (χ2v) is 6.76. The molecule has 0 spiro atoms. The topological polar surface area (TPSA) is 63.4 Å². The van der Waals surface area contributed by atoms with Crippen LogP contribution in [0, 0.1) is 11.8 Å². The smallest absolute Gasteiger partial charge is 0.226 e. The number of nitrogens with zero attached hydrogens (tertiary/aromatic N) is 1. The third kappa shape index (κ3) is 3.07. The van der Waals surface area contributed by atoms with Crippen LogP contribution in [0.3, 0.4) is 0 Å². The van der Waals surface area contributed by atoms with Crippen LogP contribution in [0.4, 0.5) is 0 Å². The molecule has 98 valence electrons. The Bertz CT molecular complexity index is 299. The molecule has 2 N–H and O–H groups in total. The molecule has 1 aliphatic heterocycles. The molecule has 1 amide bonds. The summed E-state index contributed by atoms with van der Waals surface area (Å²) in [5, 5.41) is 0. The van der Waals surface area contributed by atoms with E-state index >= 15 is 0 Å². The van der Waals surface area contributed by atoms with Crippen LogP contribution in [0.1, 0.15) is 25.7 Å². The number of carbonyl (C=O) groups excluding carboxylic acids is 1. The number of carbonyl (C=O) groups is 1. The number of hydrogen-bond donors (Lipinski definition) is 1. The standard InChI is InChI=1S/C12H22N2O2S/c13-9-10-3-1-2-4-11(10)12(15)14-5-7-17(16)8-6-14/h10-11H,1-9,13H2. The van der Waals surface area contributed by atoms with E-state index in [-0.39, 0.29) is 11.8 Å². The third-order valence-electron chi connectivity index (χ3n) is 4.02. The third-order valence-corrected chi connectivity index (χ3v) is 5.29. The Labute approximate surface area is 105 Å². The summed E-state index contributed by atoms with van der Waals surface area (Å²) in [5.41, 5.74) is 5.76. The zero-order chi connectivity index (χ0) is 12.3. The van der Waals surface area contributed by atoms with Crippen molar-refractivity contribution in [3.63, 3.8) is 0 Å². The lowest BCUT2D eigenvalue weighted by molar-refractivity contribution is -0.138. The molecule has 1 aliphatic carbocycles. The summed E-state index contributed by atoms with van der Waals surface area (Å²) in [6.45, 7) is 1.95. The first-order valence-electron chi connectivity index (χ1n) is 6.56. The van der Waals surface area contributed by atoms with Gasteiger partial charge >= 0.3 is 0 Å². The second-order valence-electron chi connectivity index (χ2n) is 5.06. The molecule has 0 aromatic carbocycles. The lowest BCUT2D eigenvalue weighted by Gasteiger charge is -2.35. The lowest BCUT2D eigenvalue weighted by atomic mass is 9.78. The van der Waals surface area contributed by atoms with Gasteiger partial charge in [-0.3, -0.25) is 9.00 Å². The predicted octanol–water partition coefficient (Wildman–Crippen LogP) is 0.342. The van der Waals surface area contributed by atoms with Crippen LogP contribution in [0.15, 0.2) is 0 Å². The van der Waals surface area contributed by atoms with Crippen LogP contribution in [0.5, 0.6) is 0 Å². The fourth-order valence-electron chi connectivity index (χ4n) is 2.91. The second kappa shape index (κ2) is 5.96. The van der Waals surface area contributed by atoms with Crippen LogP contribution in [0.2, 0.25) is 0 Å². The van der Waals surface area contributed by atoms with Gasteiger partial charge < -0.3 is 10.6 Å². The lowest BCUT2D eigenvalue weighted by Crippen LogP contribution is -2.47. The molecular formula is C12H22N2O2S. The fourth-order valence-corrected chi connectivity index (χ4v) is 3.96. The maximum absolute atomic E-state index is 12.4. The minimum Gasteiger partial charge on any atom is -0.341 e. The van der Waals surface area contributed by atoms with Gasteiger partial charge in [0.25, 0.3) is 0 Å². The van der Waals surface area contributed by atoms with Gasteiger partial charge in [-0.05, 0) is 25.3 Å². The molecule has 0 aromatic heterocycles. The fraction of sp³-hybridized carbons (Fsp3) is 0.917. The highest BCUT2D eigenvalue weighted by Crippen LogP contribution is 2.31. The summed E-state index contributed by atoms with van der Waals surface area (Å²) < 4.78 is 11.3. The molecule has 1 saturated heterocycles. The molecule has 17 heavy (non-hydrogen) atoms. The minimum atomic E-state index is -0.711. The zero-order valence-electron chi connectivity index (χ0n) is 10.3. The summed E-state index contributed by atoms with van der Waals surface area (Å²) in [7, 11) is -0.711. The van der Waals surface area contributed by atoms with Crippen molar-refractivity contribution in [3.05, 3.63) is 0 Å². The van der Waals surface area contributed by atoms with Gasteiger partial charge in [-0.2, -0.15) is 0 Å². The van der Waals surface area contributed by atoms with Gasteiger partial charge in [0.15, 0.2) is 0 Å². The first kappa shape index (κ1) is 13.0. The van der Waals surface area contributed by atoms with E-state index in [0.29, 0.717) is 37.1 Å². The van der Waals surface area contributed by atoms with Crippen LogP contribution >= 0.6 is 0 Å². The van der Waals surface area contributed by atoms with Crippen molar-refractivity contribution in [2.45, 2.75) is 25.7 Å². The molecule has 1 heterocycles. The average molecular weight is 258 g/mol. The molecule has 0 bridgehead atoms. The first-order chi connectivity index (χ1) is 8.22. The van der Waals surface area contributed by atoms with Crippen LogP contribution in [-0.2, 0) is 15.6 Å². The van der Waals surface area contributed by atoms with Gasteiger partial charge in [0.05, 0.1) is 0 Å². The Kier molecular flexibility index (Phi) is 4.56.